The van der Waals surface area contributed by atoms with E-state index in [1.807, 2.05) is 0 Å². The lowest BCUT2D eigenvalue weighted by atomic mass is 9.81. The number of hydrogen-bond donors (Lipinski definition) is 1. The number of carbonyl (C=O) groups is 3. The van der Waals surface area contributed by atoms with Crippen LogP contribution in [0.5, 0.6) is 0 Å². The first-order chi connectivity index (χ1) is 11.5. The van der Waals surface area contributed by atoms with Gasteiger partial charge in [0.05, 0.1) is 22.5 Å². The Bertz CT molecular complexity index is 723. The van der Waals surface area contributed by atoms with Crippen LogP contribution in [0.15, 0.2) is 18.2 Å². The Balaban J connectivity index is 1.47. The summed E-state index contributed by atoms with van der Waals surface area (Å²) in [6, 6.07) is 4.72. The normalized spacial score (nSPS) is 30.8. The van der Waals surface area contributed by atoms with E-state index < -0.39 is 5.91 Å². The zero-order valence-corrected chi connectivity index (χ0v) is 14.3. The summed E-state index contributed by atoms with van der Waals surface area (Å²) in [5, 5.41) is 3.41. The predicted octanol–water partition coefficient (Wildman–Crippen LogP) is 2.96. The van der Waals surface area contributed by atoms with Crippen molar-refractivity contribution in [2.75, 3.05) is 11.9 Å². The number of imide groups is 1. The highest BCUT2D eigenvalue weighted by molar-refractivity contribution is 6.35. The second-order valence-electron chi connectivity index (χ2n) is 6.82. The number of anilines is 1. The van der Waals surface area contributed by atoms with Crippen LogP contribution in [0.2, 0.25) is 10.0 Å². The number of carbonyl (C=O) groups excluding carboxylic acids is 3. The maximum absolute atomic E-state index is 12.6. The van der Waals surface area contributed by atoms with Crippen molar-refractivity contribution < 1.29 is 14.4 Å². The van der Waals surface area contributed by atoms with Gasteiger partial charge in [0.2, 0.25) is 17.7 Å². The molecule has 2 aliphatic carbocycles. The first-order valence-electron chi connectivity index (χ1n) is 8.06. The summed E-state index contributed by atoms with van der Waals surface area (Å²) in [4.78, 5) is 38.5. The number of rotatable bonds is 3. The summed E-state index contributed by atoms with van der Waals surface area (Å²) in [5.41, 5.74) is 0.369. The Kier molecular flexibility index (Phi) is 3.81. The van der Waals surface area contributed by atoms with Crippen molar-refractivity contribution in [1.29, 1.82) is 0 Å². The standard InChI is InChI=1S/C17H16Cl2N2O3/c18-10-3-4-11(19)12(6-10)20-13(22)7-21-16(23)14-8-1-2-9(5-8)15(14)17(21)24/h3-4,6,8-9,14-15H,1-2,5,7H2,(H,20,22)/t8-,9-,14+,15+/m1/s1. The molecule has 1 heterocycles. The molecule has 7 heteroatoms. The molecule has 24 heavy (non-hydrogen) atoms. The van der Waals surface area contributed by atoms with E-state index in [0.717, 1.165) is 24.2 Å². The van der Waals surface area contributed by atoms with E-state index in [-0.39, 0.29) is 30.2 Å². The molecule has 1 aromatic carbocycles. The van der Waals surface area contributed by atoms with Crippen molar-refractivity contribution in [3.63, 3.8) is 0 Å². The van der Waals surface area contributed by atoms with E-state index in [1.165, 1.54) is 6.07 Å². The molecule has 2 bridgehead atoms. The molecule has 4 rings (SSSR count). The molecule has 1 N–H and O–H groups in total. The van der Waals surface area contributed by atoms with Crippen LogP contribution >= 0.6 is 23.2 Å². The van der Waals surface area contributed by atoms with Crippen LogP contribution in [0, 0.1) is 23.7 Å². The number of nitrogens with zero attached hydrogens (tertiary/aromatic N) is 1. The lowest BCUT2D eigenvalue weighted by molar-refractivity contribution is -0.143. The van der Waals surface area contributed by atoms with Crippen molar-refractivity contribution in [2.45, 2.75) is 19.3 Å². The van der Waals surface area contributed by atoms with Crippen LogP contribution in [-0.4, -0.2) is 29.2 Å². The Morgan fingerprint density at radius 2 is 1.75 bits per heavy atom. The molecule has 2 saturated carbocycles. The summed E-state index contributed by atoms with van der Waals surface area (Å²) >= 11 is 11.9. The number of benzene rings is 1. The van der Waals surface area contributed by atoms with E-state index in [0.29, 0.717) is 27.6 Å². The van der Waals surface area contributed by atoms with Gasteiger partial charge in [0.1, 0.15) is 6.54 Å². The van der Waals surface area contributed by atoms with Crippen LogP contribution in [-0.2, 0) is 14.4 Å². The maximum Gasteiger partial charge on any atom is 0.244 e. The number of nitrogens with one attached hydrogen (secondary N) is 1. The third-order valence-electron chi connectivity index (χ3n) is 5.52. The minimum Gasteiger partial charge on any atom is -0.323 e. The van der Waals surface area contributed by atoms with Gasteiger partial charge < -0.3 is 5.32 Å². The van der Waals surface area contributed by atoms with E-state index in [2.05, 4.69) is 5.32 Å². The predicted molar refractivity (Wildman–Crippen MR) is 89.6 cm³/mol. The van der Waals surface area contributed by atoms with Gasteiger partial charge in [-0.1, -0.05) is 23.2 Å². The Hall–Kier alpha value is -1.59. The summed E-state index contributed by atoms with van der Waals surface area (Å²) in [6.45, 7) is -0.271. The number of amides is 3. The minimum absolute atomic E-state index is 0.190. The molecule has 3 aliphatic rings. The van der Waals surface area contributed by atoms with Crippen molar-refractivity contribution in [3.05, 3.63) is 28.2 Å². The third-order valence-corrected chi connectivity index (χ3v) is 6.09. The molecule has 0 spiro atoms. The molecule has 4 atom stereocenters. The Morgan fingerprint density at radius 1 is 1.12 bits per heavy atom. The second-order valence-corrected chi connectivity index (χ2v) is 7.66. The van der Waals surface area contributed by atoms with Gasteiger partial charge >= 0.3 is 0 Å². The molecule has 1 aliphatic heterocycles. The highest BCUT2D eigenvalue weighted by Crippen LogP contribution is 2.56. The van der Waals surface area contributed by atoms with Crippen LogP contribution in [0.4, 0.5) is 5.69 Å². The lowest BCUT2D eigenvalue weighted by Crippen LogP contribution is -2.39. The molecule has 0 radical (unpaired) electrons. The first-order valence-corrected chi connectivity index (χ1v) is 8.81. The SMILES string of the molecule is O=C(CN1C(=O)[C@H]2[C@@H]3CC[C@H](C3)[C@@H]2C1=O)Nc1cc(Cl)ccc1Cl. The molecular formula is C17H16Cl2N2O3. The van der Waals surface area contributed by atoms with Crippen molar-refractivity contribution >= 4 is 46.6 Å². The van der Waals surface area contributed by atoms with Gasteiger partial charge in [0.25, 0.3) is 0 Å². The number of halogens is 2. The average molecular weight is 367 g/mol. The summed E-state index contributed by atoms with van der Waals surface area (Å²) in [6.07, 6.45) is 3.01. The van der Waals surface area contributed by atoms with E-state index in [1.54, 1.807) is 12.1 Å². The van der Waals surface area contributed by atoms with E-state index in [9.17, 15) is 14.4 Å². The molecule has 5 nitrogen and oxygen atoms in total. The van der Waals surface area contributed by atoms with E-state index >= 15 is 0 Å². The van der Waals surface area contributed by atoms with Gasteiger partial charge in [-0.15, -0.1) is 0 Å². The van der Waals surface area contributed by atoms with Gasteiger partial charge in [-0.05, 0) is 49.3 Å². The second kappa shape index (κ2) is 5.74. The zero-order valence-electron chi connectivity index (χ0n) is 12.8. The van der Waals surface area contributed by atoms with Gasteiger partial charge in [0.15, 0.2) is 0 Å². The summed E-state index contributed by atoms with van der Waals surface area (Å²) in [7, 11) is 0. The van der Waals surface area contributed by atoms with Gasteiger partial charge in [0, 0.05) is 5.02 Å². The average Bonchev–Trinajstić information content (AvgIpc) is 3.21. The quantitative estimate of drug-likeness (QED) is 0.836. The molecule has 0 unspecified atom stereocenters. The summed E-state index contributed by atoms with van der Waals surface area (Å²) in [5.74, 6) is -0.626. The molecule has 126 valence electrons. The maximum atomic E-state index is 12.6. The minimum atomic E-state index is -0.451. The molecule has 1 aromatic rings. The fourth-order valence-corrected chi connectivity index (χ4v) is 4.89. The van der Waals surface area contributed by atoms with Gasteiger partial charge in [-0.25, -0.2) is 0 Å². The molecule has 3 fully saturated rings. The lowest BCUT2D eigenvalue weighted by Gasteiger charge is -2.19. The molecule has 1 saturated heterocycles. The summed E-state index contributed by atoms with van der Waals surface area (Å²) < 4.78 is 0. The van der Waals surface area contributed by atoms with Crippen LogP contribution in [0.3, 0.4) is 0 Å². The van der Waals surface area contributed by atoms with Crippen molar-refractivity contribution in [1.82, 2.24) is 4.90 Å². The Morgan fingerprint density at radius 3 is 2.38 bits per heavy atom. The number of fused-ring (bicyclic) bond motifs is 5. The largest absolute Gasteiger partial charge is 0.323 e. The zero-order chi connectivity index (χ0) is 17.0. The van der Waals surface area contributed by atoms with Crippen LogP contribution < -0.4 is 5.32 Å². The number of hydrogen-bond acceptors (Lipinski definition) is 3. The highest BCUT2D eigenvalue weighted by Gasteiger charge is 2.60. The van der Waals surface area contributed by atoms with Crippen LogP contribution in [0.1, 0.15) is 19.3 Å². The third kappa shape index (κ3) is 2.42. The molecule has 3 amide bonds. The monoisotopic (exact) mass is 366 g/mol. The van der Waals surface area contributed by atoms with Gasteiger partial charge in [-0.2, -0.15) is 0 Å². The van der Waals surface area contributed by atoms with Crippen molar-refractivity contribution in [3.8, 4) is 0 Å². The molecular weight excluding hydrogens is 351 g/mol. The smallest absolute Gasteiger partial charge is 0.244 e. The number of likely N-dealkylation sites (tertiary alicyclic amines) is 1. The fraction of sp³-hybridized carbons (Fsp3) is 0.471. The molecule has 0 aromatic heterocycles. The topological polar surface area (TPSA) is 66.5 Å². The van der Waals surface area contributed by atoms with Crippen LogP contribution in [0.25, 0.3) is 0 Å². The highest BCUT2D eigenvalue weighted by atomic mass is 35.5. The Labute approximate surface area is 149 Å². The fourth-order valence-electron chi connectivity index (χ4n) is 4.55. The van der Waals surface area contributed by atoms with Gasteiger partial charge in [-0.3, -0.25) is 19.3 Å². The first kappa shape index (κ1) is 15.9. The van der Waals surface area contributed by atoms with E-state index in [4.69, 9.17) is 23.2 Å². The van der Waals surface area contributed by atoms with Crippen molar-refractivity contribution in [2.24, 2.45) is 23.7 Å².